The van der Waals surface area contributed by atoms with Crippen molar-refractivity contribution < 1.29 is 19.4 Å². The zero-order valence-corrected chi connectivity index (χ0v) is 17.7. The van der Waals surface area contributed by atoms with E-state index < -0.39 is 17.7 Å². The number of benzene rings is 2. The van der Waals surface area contributed by atoms with Gasteiger partial charge in [0.1, 0.15) is 17.6 Å². The van der Waals surface area contributed by atoms with Gasteiger partial charge in [-0.2, -0.15) is 0 Å². The van der Waals surface area contributed by atoms with Gasteiger partial charge in [-0.15, -0.1) is 0 Å². The number of aliphatic hydroxyl groups is 1. The number of aromatic nitrogens is 2. The van der Waals surface area contributed by atoms with Gasteiger partial charge in [0.15, 0.2) is 5.13 Å². The van der Waals surface area contributed by atoms with Gasteiger partial charge in [-0.25, -0.2) is 4.98 Å². The molecule has 32 heavy (non-hydrogen) atoms. The number of carbonyl (C=O) groups is 2. The van der Waals surface area contributed by atoms with Crippen molar-refractivity contribution in [3.63, 3.8) is 0 Å². The van der Waals surface area contributed by atoms with Crippen LogP contribution in [0.4, 0.5) is 5.13 Å². The van der Waals surface area contributed by atoms with Crippen LogP contribution in [0.2, 0.25) is 0 Å². The molecule has 0 spiro atoms. The Morgan fingerprint density at radius 1 is 1.03 bits per heavy atom. The molecule has 5 rings (SSSR count). The number of amides is 1. The van der Waals surface area contributed by atoms with Gasteiger partial charge in [-0.1, -0.05) is 29.5 Å². The number of hydrogen-bond acceptors (Lipinski definition) is 7. The summed E-state index contributed by atoms with van der Waals surface area (Å²) in [5.41, 5.74) is 1.55. The molecule has 158 valence electrons. The number of carbonyl (C=O) groups excluding carboxylic acids is 2. The van der Waals surface area contributed by atoms with E-state index in [1.807, 2.05) is 24.3 Å². The summed E-state index contributed by atoms with van der Waals surface area (Å²) in [5.74, 6) is -1.20. The van der Waals surface area contributed by atoms with Crippen LogP contribution < -0.4 is 9.64 Å². The van der Waals surface area contributed by atoms with E-state index in [4.69, 9.17) is 4.74 Å². The summed E-state index contributed by atoms with van der Waals surface area (Å²) in [6, 6.07) is 18.5. The number of ether oxygens (including phenoxy) is 1. The lowest BCUT2D eigenvalue weighted by atomic mass is 9.98. The summed E-state index contributed by atoms with van der Waals surface area (Å²) in [7, 11) is 1.54. The van der Waals surface area contributed by atoms with Crippen molar-refractivity contribution in [1.82, 2.24) is 9.97 Å². The third kappa shape index (κ3) is 3.21. The summed E-state index contributed by atoms with van der Waals surface area (Å²) in [6.45, 7) is 0. The number of rotatable bonds is 4. The lowest BCUT2D eigenvalue weighted by Gasteiger charge is -2.21. The van der Waals surface area contributed by atoms with Crippen molar-refractivity contribution in [2.45, 2.75) is 6.04 Å². The first kappa shape index (κ1) is 19.9. The van der Waals surface area contributed by atoms with E-state index in [0.717, 1.165) is 10.2 Å². The number of para-hydroxylation sites is 1. The molecule has 0 radical (unpaired) electrons. The molecular weight excluding hydrogens is 426 g/mol. The van der Waals surface area contributed by atoms with Crippen molar-refractivity contribution in [1.29, 1.82) is 0 Å². The van der Waals surface area contributed by atoms with E-state index >= 15 is 0 Å². The number of fused-ring (bicyclic) bond motifs is 1. The minimum absolute atomic E-state index is 0.0295. The standard InChI is InChI=1S/C24H17N3O4S/c1-31-15-11-9-14(10-12-15)21(28)19-20(17-7-4-5-13-25-17)27(23(30)22(19)29)24-26-16-6-2-3-8-18(16)32-24/h2-13,20,28H,1H3/b21-19+. The van der Waals surface area contributed by atoms with Crippen LogP contribution in [0.25, 0.3) is 16.0 Å². The highest BCUT2D eigenvalue weighted by Gasteiger charge is 2.48. The van der Waals surface area contributed by atoms with Crippen LogP contribution in [-0.4, -0.2) is 33.9 Å². The molecule has 2 aromatic carbocycles. The Hall–Kier alpha value is -4.04. The quantitative estimate of drug-likeness (QED) is 0.287. The molecule has 3 heterocycles. The average molecular weight is 443 g/mol. The Kier molecular flexibility index (Phi) is 4.91. The number of ketones is 1. The zero-order valence-electron chi connectivity index (χ0n) is 16.9. The molecule has 1 saturated heterocycles. The molecule has 1 aliphatic heterocycles. The van der Waals surface area contributed by atoms with E-state index in [2.05, 4.69) is 9.97 Å². The molecule has 0 saturated carbocycles. The van der Waals surface area contributed by atoms with E-state index in [9.17, 15) is 14.7 Å². The molecule has 4 aromatic rings. The summed E-state index contributed by atoms with van der Waals surface area (Å²) in [4.78, 5) is 36.6. The Morgan fingerprint density at radius 3 is 2.47 bits per heavy atom. The second-order valence-electron chi connectivity index (χ2n) is 7.12. The summed E-state index contributed by atoms with van der Waals surface area (Å²) in [5, 5.41) is 11.5. The van der Waals surface area contributed by atoms with Crippen molar-refractivity contribution >= 4 is 44.1 Å². The normalized spacial score (nSPS) is 17.8. The van der Waals surface area contributed by atoms with Gasteiger partial charge in [-0.3, -0.25) is 19.5 Å². The fraction of sp³-hybridized carbons (Fsp3) is 0.0833. The smallest absolute Gasteiger partial charge is 0.301 e. The molecule has 1 atom stereocenters. The molecule has 7 nitrogen and oxygen atoms in total. The van der Waals surface area contributed by atoms with Crippen LogP contribution in [0, 0.1) is 0 Å². The van der Waals surface area contributed by atoms with Gasteiger partial charge >= 0.3 is 5.91 Å². The second kappa shape index (κ2) is 7.90. The Labute approximate surface area is 187 Å². The van der Waals surface area contributed by atoms with Crippen molar-refractivity contribution in [3.05, 3.63) is 89.8 Å². The van der Waals surface area contributed by atoms with E-state index in [0.29, 0.717) is 22.1 Å². The van der Waals surface area contributed by atoms with E-state index in [1.54, 1.807) is 55.8 Å². The number of anilines is 1. The van der Waals surface area contributed by atoms with Gasteiger partial charge in [-0.05, 0) is 48.5 Å². The lowest BCUT2D eigenvalue weighted by Crippen LogP contribution is -2.29. The zero-order chi connectivity index (χ0) is 22.2. The molecule has 0 bridgehead atoms. The number of pyridine rings is 1. The molecule has 1 aliphatic rings. The fourth-order valence-electron chi connectivity index (χ4n) is 3.71. The number of aliphatic hydroxyl groups excluding tert-OH is 1. The SMILES string of the molecule is COc1ccc(/C(O)=C2\C(=O)C(=O)N(c3nc4ccccc4s3)C2c2ccccn2)cc1. The van der Waals surface area contributed by atoms with E-state index in [-0.39, 0.29) is 11.3 Å². The predicted octanol–water partition coefficient (Wildman–Crippen LogP) is 4.33. The van der Waals surface area contributed by atoms with Crippen LogP contribution >= 0.6 is 11.3 Å². The van der Waals surface area contributed by atoms with Gasteiger partial charge in [0.2, 0.25) is 0 Å². The van der Waals surface area contributed by atoms with Crippen LogP contribution in [0.5, 0.6) is 5.75 Å². The van der Waals surface area contributed by atoms with Crippen molar-refractivity contribution in [3.8, 4) is 5.75 Å². The number of hydrogen-bond donors (Lipinski definition) is 1. The summed E-state index contributed by atoms with van der Waals surface area (Å²) < 4.78 is 6.05. The Balaban J connectivity index is 1.70. The van der Waals surface area contributed by atoms with Gasteiger partial charge < -0.3 is 9.84 Å². The van der Waals surface area contributed by atoms with Crippen molar-refractivity contribution in [2.75, 3.05) is 12.0 Å². The first-order valence-corrected chi connectivity index (χ1v) is 10.6. The van der Waals surface area contributed by atoms with Crippen LogP contribution in [0.3, 0.4) is 0 Å². The number of nitrogens with zero attached hydrogens (tertiary/aromatic N) is 3. The molecule has 0 aliphatic carbocycles. The van der Waals surface area contributed by atoms with Gasteiger partial charge in [0, 0.05) is 11.8 Å². The predicted molar refractivity (Wildman–Crippen MR) is 122 cm³/mol. The maximum atomic E-state index is 13.2. The number of Topliss-reactive ketones (excluding diaryl/α,β-unsaturated/α-hetero) is 1. The average Bonchev–Trinajstić information content (AvgIpc) is 3.38. The van der Waals surface area contributed by atoms with Crippen molar-refractivity contribution in [2.24, 2.45) is 0 Å². The van der Waals surface area contributed by atoms with Crippen LogP contribution in [0.15, 0.2) is 78.5 Å². The minimum atomic E-state index is -0.904. The maximum absolute atomic E-state index is 13.2. The molecule has 2 aromatic heterocycles. The third-order valence-electron chi connectivity index (χ3n) is 5.26. The number of methoxy groups -OCH3 is 1. The summed E-state index contributed by atoms with van der Waals surface area (Å²) in [6.07, 6.45) is 1.58. The summed E-state index contributed by atoms with van der Waals surface area (Å²) >= 11 is 1.31. The lowest BCUT2D eigenvalue weighted by molar-refractivity contribution is -0.132. The highest BCUT2D eigenvalue weighted by Crippen LogP contribution is 2.43. The van der Waals surface area contributed by atoms with Gasteiger partial charge in [0.05, 0.1) is 28.6 Å². The highest BCUT2D eigenvalue weighted by atomic mass is 32.1. The Morgan fingerprint density at radius 2 is 1.78 bits per heavy atom. The first-order chi connectivity index (χ1) is 15.6. The molecule has 1 N–H and O–H groups in total. The van der Waals surface area contributed by atoms with Crippen LogP contribution in [0.1, 0.15) is 17.3 Å². The first-order valence-electron chi connectivity index (χ1n) is 9.80. The minimum Gasteiger partial charge on any atom is -0.507 e. The second-order valence-corrected chi connectivity index (χ2v) is 8.13. The molecule has 1 unspecified atom stereocenters. The monoisotopic (exact) mass is 443 g/mol. The largest absolute Gasteiger partial charge is 0.507 e. The molecule has 8 heteroatoms. The van der Waals surface area contributed by atoms with Gasteiger partial charge in [0.25, 0.3) is 5.78 Å². The highest BCUT2D eigenvalue weighted by molar-refractivity contribution is 7.22. The Bertz CT molecular complexity index is 1330. The molecular formula is C24H17N3O4S. The van der Waals surface area contributed by atoms with Crippen LogP contribution in [-0.2, 0) is 9.59 Å². The number of thiazole rings is 1. The molecule has 1 amide bonds. The third-order valence-corrected chi connectivity index (χ3v) is 6.30. The fourth-order valence-corrected chi connectivity index (χ4v) is 4.71. The molecule has 1 fully saturated rings. The topological polar surface area (TPSA) is 92.6 Å². The maximum Gasteiger partial charge on any atom is 0.301 e. The van der Waals surface area contributed by atoms with E-state index in [1.165, 1.54) is 16.2 Å².